The summed E-state index contributed by atoms with van der Waals surface area (Å²) < 4.78 is 0. The first-order valence-corrected chi connectivity index (χ1v) is 7.70. The van der Waals surface area contributed by atoms with E-state index in [1.165, 1.54) is 0 Å². The van der Waals surface area contributed by atoms with E-state index in [1.54, 1.807) is 0 Å². The highest BCUT2D eigenvalue weighted by molar-refractivity contribution is 5.89. The number of allylic oxidation sites excluding steroid dienone is 1. The van der Waals surface area contributed by atoms with E-state index in [1.807, 2.05) is 60.7 Å². The van der Waals surface area contributed by atoms with Crippen LogP contribution >= 0.6 is 0 Å². The van der Waals surface area contributed by atoms with Crippen LogP contribution in [0, 0.1) is 11.3 Å². The number of nitriles is 1. The fourth-order valence-corrected chi connectivity index (χ4v) is 3.39. The Balaban J connectivity index is 2.02. The summed E-state index contributed by atoms with van der Waals surface area (Å²) in [6.07, 6.45) is 2.11. The summed E-state index contributed by atoms with van der Waals surface area (Å²) in [5, 5.41) is 10.1. The van der Waals surface area contributed by atoms with Crippen LogP contribution in [0.5, 0.6) is 0 Å². The van der Waals surface area contributed by atoms with Crippen molar-refractivity contribution in [1.82, 2.24) is 0 Å². The summed E-state index contributed by atoms with van der Waals surface area (Å²) >= 11 is 0. The van der Waals surface area contributed by atoms with Crippen LogP contribution in [0.1, 0.15) is 22.3 Å². The van der Waals surface area contributed by atoms with Gasteiger partial charge in [-0.05, 0) is 33.9 Å². The molecule has 4 rings (SSSR count). The van der Waals surface area contributed by atoms with Gasteiger partial charge in [-0.2, -0.15) is 5.26 Å². The van der Waals surface area contributed by atoms with Gasteiger partial charge in [0.25, 0.3) is 0 Å². The highest BCUT2D eigenvalue weighted by Crippen LogP contribution is 2.46. The highest BCUT2D eigenvalue weighted by atomic mass is 14.4. The molecule has 0 heterocycles. The molecule has 3 aromatic rings. The van der Waals surface area contributed by atoms with E-state index in [-0.39, 0.29) is 0 Å². The minimum absolute atomic E-state index is 0.719. The van der Waals surface area contributed by atoms with Crippen molar-refractivity contribution in [1.29, 1.82) is 5.26 Å². The first kappa shape index (κ1) is 13.5. The standard InChI is InChI=1S/C22H15N/c23-16-22(18-11-5-2-6-12-18)15-20(17-9-3-1-4-10-17)19-13-7-8-14-21(19)22/h1-15H. The SMILES string of the molecule is N#CC1(c2ccccc2)C=C(c2ccccc2)c2ccccc21. The van der Waals surface area contributed by atoms with Crippen LogP contribution in [0.3, 0.4) is 0 Å². The summed E-state index contributed by atoms with van der Waals surface area (Å²) in [6, 6.07) is 31.1. The van der Waals surface area contributed by atoms with Crippen LogP contribution in [0.4, 0.5) is 0 Å². The summed E-state index contributed by atoms with van der Waals surface area (Å²) in [7, 11) is 0. The second-order valence-corrected chi connectivity index (χ2v) is 5.76. The second kappa shape index (κ2) is 5.26. The minimum Gasteiger partial charge on any atom is -0.197 e. The van der Waals surface area contributed by atoms with Gasteiger partial charge in [0.1, 0.15) is 5.41 Å². The molecule has 1 unspecified atom stereocenters. The van der Waals surface area contributed by atoms with Crippen LogP contribution < -0.4 is 0 Å². The Morgan fingerprint density at radius 2 is 1.30 bits per heavy atom. The molecule has 3 aromatic carbocycles. The van der Waals surface area contributed by atoms with Gasteiger partial charge >= 0.3 is 0 Å². The lowest BCUT2D eigenvalue weighted by atomic mass is 9.78. The van der Waals surface area contributed by atoms with Crippen LogP contribution in [0.25, 0.3) is 5.57 Å². The Labute approximate surface area is 136 Å². The molecule has 0 fully saturated rings. The fourth-order valence-electron chi connectivity index (χ4n) is 3.39. The zero-order chi connectivity index (χ0) is 15.7. The Hall–Kier alpha value is -3.11. The number of hydrogen-bond acceptors (Lipinski definition) is 1. The van der Waals surface area contributed by atoms with Gasteiger partial charge in [0.2, 0.25) is 0 Å². The number of benzene rings is 3. The molecule has 1 nitrogen and oxygen atoms in total. The molecule has 0 radical (unpaired) electrons. The third kappa shape index (κ3) is 2.00. The summed E-state index contributed by atoms with van der Waals surface area (Å²) in [5.74, 6) is 0. The van der Waals surface area contributed by atoms with E-state index in [0.717, 1.165) is 27.8 Å². The molecular weight excluding hydrogens is 278 g/mol. The molecule has 1 atom stereocenters. The van der Waals surface area contributed by atoms with Crippen LogP contribution in [0.15, 0.2) is 91.0 Å². The topological polar surface area (TPSA) is 23.8 Å². The smallest absolute Gasteiger partial charge is 0.127 e. The summed E-state index contributed by atoms with van der Waals surface area (Å²) in [5.41, 5.74) is 4.78. The fraction of sp³-hybridized carbons (Fsp3) is 0.0455. The van der Waals surface area contributed by atoms with Crippen molar-refractivity contribution >= 4 is 5.57 Å². The highest BCUT2D eigenvalue weighted by Gasteiger charge is 2.40. The van der Waals surface area contributed by atoms with E-state index >= 15 is 0 Å². The van der Waals surface area contributed by atoms with Crippen LogP contribution in [-0.4, -0.2) is 0 Å². The first-order valence-electron chi connectivity index (χ1n) is 7.70. The predicted molar refractivity (Wildman–Crippen MR) is 92.8 cm³/mol. The van der Waals surface area contributed by atoms with Crippen molar-refractivity contribution in [2.24, 2.45) is 0 Å². The van der Waals surface area contributed by atoms with E-state index < -0.39 is 5.41 Å². The second-order valence-electron chi connectivity index (χ2n) is 5.76. The lowest BCUT2D eigenvalue weighted by Crippen LogP contribution is -2.20. The largest absolute Gasteiger partial charge is 0.197 e. The van der Waals surface area contributed by atoms with E-state index in [4.69, 9.17) is 0 Å². The molecule has 0 amide bonds. The van der Waals surface area contributed by atoms with Crippen molar-refractivity contribution in [3.8, 4) is 6.07 Å². The molecule has 0 aliphatic heterocycles. The lowest BCUT2D eigenvalue weighted by Gasteiger charge is -2.21. The Morgan fingerprint density at radius 3 is 2.00 bits per heavy atom. The van der Waals surface area contributed by atoms with Crippen LogP contribution in [-0.2, 0) is 5.41 Å². The molecule has 0 aromatic heterocycles. The number of nitrogens with zero attached hydrogens (tertiary/aromatic N) is 1. The summed E-state index contributed by atoms with van der Waals surface area (Å²) in [6.45, 7) is 0. The molecule has 1 heteroatoms. The van der Waals surface area contributed by atoms with E-state index in [0.29, 0.717) is 0 Å². The van der Waals surface area contributed by atoms with Gasteiger partial charge in [0.15, 0.2) is 0 Å². The minimum atomic E-state index is -0.719. The van der Waals surface area contributed by atoms with E-state index in [2.05, 4.69) is 36.4 Å². The third-order valence-electron chi connectivity index (χ3n) is 4.49. The zero-order valence-electron chi connectivity index (χ0n) is 12.6. The van der Waals surface area contributed by atoms with Crippen molar-refractivity contribution < 1.29 is 0 Å². The first-order chi connectivity index (χ1) is 11.3. The predicted octanol–water partition coefficient (Wildman–Crippen LogP) is 4.94. The lowest BCUT2D eigenvalue weighted by molar-refractivity contribution is 0.849. The molecule has 0 bridgehead atoms. The maximum absolute atomic E-state index is 10.1. The van der Waals surface area contributed by atoms with Crippen molar-refractivity contribution in [2.75, 3.05) is 0 Å². The van der Waals surface area contributed by atoms with Crippen LogP contribution in [0.2, 0.25) is 0 Å². The maximum atomic E-state index is 10.1. The Kier molecular flexibility index (Phi) is 3.10. The maximum Gasteiger partial charge on any atom is 0.127 e. The molecule has 0 spiro atoms. The molecular formula is C22H15N. The zero-order valence-corrected chi connectivity index (χ0v) is 12.6. The average molecular weight is 293 g/mol. The quantitative estimate of drug-likeness (QED) is 0.656. The van der Waals surface area contributed by atoms with Gasteiger partial charge in [0, 0.05) is 0 Å². The van der Waals surface area contributed by atoms with Gasteiger partial charge in [-0.1, -0.05) is 84.9 Å². The molecule has 23 heavy (non-hydrogen) atoms. The van der Waals surface area contributed by atoms with Crippen molar-refractivity contribution in [2.45, 2.75) is 5.41 Å². The van der Waals surface area contributed by atoms with E-state index in [9.17, 15) is 5.26 Å². The number of hydrogen-bond donors (Lipinski definition) is 0. The molecule has 1 aliphatic carbocycles. The van der Waals surface area contributed by atoms with Crippen molar-refractivity contribution in [3.63, 3.8) is 0 Å². The molecule has 0 saturated carbocycles. The summed E-state index contributed by atoms with van der Waals surface area (Å²) in [4.78, 5) is 0. The number of fused-ring (bicyclic) bond motifs is 1. The number of rotatable bonds is 2. The van der Waals surface area contributed by atoms with Gasteiger partial charge in [0.05, 0.1) is 6.07 Å². The molecule has 0 saturated heterocycles. The van der Waals surface area contributed by atoms with Gasteiger partial charge in [-0.15, -0.1) is 0 Å². The van der Waals surface area contributed by atoms with Gasteiger partial charge in [-0.3, -0.25) is 0 Å². The van der Waals surface area contributed by atoms with Gasteiger partial charge in [-0.25, -0.2) is 0 Å². The molecule has 108 valence electrons. The van der Waals surface area contributed by atoms with Crippen molar-refractivity contribution in [3.05, 3.63) is 113 Å². The Morgan fingerprint density at radius 1 is 0.696 bits per heavy atom. The molecule has 0 N–H and O–H groups in total. The average Bonchev–Trinajstić information content (AvgIpc) is 2.99. The Bertz CT molecular complexity index is 917. The monoisotopic (exact) mass is 293 g/mol. The van der Waals surface area contributed by atoms with Gasteiger partial charge < -0.3 is 0 Å². The normalized spacial score (nSPS) is 18.8. The molecule has 1 aliphatic rings. The third-order valence-corrected chi connectivity index (χ3v) is 4.49.